The van der Waals surface area contributed by atoms with Gasteiger partial charge in [0.25, 0.3) is 0 Å². The van der Waals surface area contributed by atoms with Gasteiger partial charge in [-0.05, 0) is 38.5 Å². The monoisotopic (exact) mass is 256 g/mol. The van der Waals surface area contributed by atoms with E-state index in [-0.39, 0.29) is 18.2 Å². The van der Waals surface area contributed by atoms with Gasteiger partial charge in [-0.3, -0.25) is 0 Å². The molecule has 0 heterocycles. The number of hydrogen-bond acceptors (Lipinski definition) is 3. The van der Waals surface area contributed by atoms with Crippen molar-refractivity contribution in [2.45, 2.75) is 32.4 Å². The Morgan fingerprint density at radius 2 is 2.06 bits per heavy atom. The van der Waals surface area contributed by atoms with Gasteiger partial charge < -0.3 is 15.7 Å². The van der Waals surface area contributed by atoms with Gasteiger partial charge in [0.05, 0.1) is 12.1 Å². The number of halogens is 1. The predicted octanol–water partition coefficient (Wildman–Crippen LogP) is 2.57. The Balaban J connectivity index is 3.06. The summed E-state index contributed by atoms with van der Waals surface area (Å²) in [6.07, 6.45) is 0. The van der Waals surface area contributed by atoms with Crippen molar-refractivity contribution >= 4 is 17.3 Å². The molecule has 0 radical (unpaired) electrons. The van der Waals surface area contributed by atoms with Gasteiger partial charge in [-0.25, -0.2) is 0 Å². The van der Waals surface area contributed by atoms with Crippen LogP contribution in [0.3, 0.4) is 0 Å². The number of hydrogen-bond donors (Lipinski definition) is 2. The van der Waals surface area contributed by atoms with E-state index in [0.29, 0.717) is 5.02 Å². The highest BCUT2D eigenvalue weighted by Crippen LogP contribution is 2.29. The summed E-state index contributed by atoms with van der Waals surface area (Å²) in [5.74, 6) is 0. The molecule has 1 aromatic carbocycles. The van der Waals surface area contributed by atoms with Crippen molar-refractivity contribution in [2.24, 2.45) is 5.73 Å². The molecule has 96 valence electrons. The molecule has 3 nitrogen and oxygen atoms in total. The van der Waals surface area contributed by atoms with E-state index in [0.717, 1.165) is 11.3 Å². The minimum Gasteiger partial charge on any atom is -0.394 e. The molecule has 0 aromatic heterocycles. The van der Waals surface area contributed by atoms with Crippen LogP contribution in [0.2, 0.25) is 5.02 Å². The summed E-state index contributed by atoms with van der Waals surface area (Å²) >= 11 is 6.19. The minimum absolute atomic E-state index is 0.0762. The van der Waals surface area contributed by atoms with Crippen LogP contribution in [0.25, 0.3) is 0 Å². The maximum Gasteiger partial charge on any atom is 0.0658 e. The average molecular weight is 257 g/mol. The summed E-state index contributed by atoms with van der Waals surface area (Å²) in [6.45, 7) is 5.93. The molecule has 4 heteroatoms. The number of nitrogens with zero attached hydrogens (tertiary/aromatic N) is 1. The van der Waals surface area contributed by atoms with Gasteiger partial charge in [0.1, 0.15) is 0 Å². The van der Waals surface area contributed by atoms with Crippen LogP contribution in [0.15, 0.2) is 18.2 Å². The molecule has 1 aromatic rings. The first kappa shape index (κ1) is 14.3. The zero-order chi connectivity index (χ0) is 13.2. The molecular weight excluding hydrogens is 236 g/mol. The molecule has 0 saturated heterocycles. The summed E-state index contributed by atoms with van der Waals surface area (Å²) in [5.41, 5.74) is 7.40. The molecule has 1 unspecified atom stereocenters. The summed E-state index contributed by atoms with van der Waals surface area (Å²) in [5, 5.41) is 10.0. The minimum atomic E-state index is -0.320. The highest BCUT2D eigenvalue weighted by atomic mass is 35.5. The van der Waals surface area contributed by atoms with E-state index in [4.69, 9.17) is 17.3 Å². The summed E-state index contributed by atoms with van der Waals surface area (Å²) in [6, 6.07) is 5.72. The molecule has 0 aliphatic rings. The van der Waals surface area contributed by atoms with Crippen molar-refractivity contribution in [3.63, 3.8) is 0 Å². The van der Waals surface area contributed by atoms with Crippen molar-refractivity contribution in [2.75, 3.05) is 18.6 Å². The van der Waals surface area contributed by atoms with Crippen molar-refractivity contribution in [1.29, 1.82) is 0 Å². The molecular formula is C13H21ClN2O. The van der Waals surface area contributed by atoms with E-state index in [1.54, 1.807) is 0 Å². The van der Waals surface area contributed by atoms with Gasteiger partial charge in [0.15, 0.2) is 0 Å². The van der Waals surface area contributed by atoms with E-state index < -0.39 is 0 Å². The first-order valence-electron chi connectivity index (χ1n) is 5.69. The molecule has 3 N–H and O–H groups in total. The van der Waals surface area contributed by atoms with Crippen molar-refractivity contribution in [3.05, 3.63) is 28.8 Å². The van der Waals surface area contributed by atoms with Gasteiger partial charge in [-0.1, -0.05) is 17.7 Å². The van der Waals surface area contributed by atoms with Crippen molar-refractivity contribution < 1.29 is 5.11 Å². The zero-order valence-corrected chi connectivity index (χ0v) is 11.6. The Morgan fingerprint density at radius 1 is 1.47 bits per heavy atom. The van der Waals surface area contributed by atoms with Gasteiger partial charge in [0.2, 0.25) is 0 Å². The Bertz CT molecular complexity index is 391. The van der Waals surface area contributed by atoms with E-state index in [1.807, 2.05) is 50.9 Å². The second-order valence-electron chi connectivity index (χ2n) is 5.02. The predicted molar refractivity (Wildman–Crippen MR) is 73.6 cm³/mol. The lowest BCUT2D eigenvalue weighted by molar-refractivity contribution is 0.216. The fourth-order valence-corrected chi connectivity index (χ4v) is 1.90. The lowest BCUT2D eigenvalue weighted by atomic mass is 10.0. The van der Waals surface area contributed by atoms with Crippen LogP contribution in [0.4, 0.5) is 5.69 Å². The zero-order valence-electron chi connectivity index (χ0n) is 10.9. The smallest absolute Gasteiger partial charge is 0.0658 e. The largest absolute Gasteiger partial charge is 0.394 e. The third-order valence-electron chi connectivity index (χ3n) is 3.16. The van der Waals surface area contributed by atoms with Crippen LogP contribution in [0.1, 0.15) is 32.4 Å². The fraction of sp³-hybridized carbons (Fsp3) is 0.538. The fourth-order valence-electron chi connectivity index (χ4n) is 1.55. The van der Waals surface area contributed by atoms with E-state index >= 15 is 0 Å². The molecule has 1 atom stereocenters. The second kappa shape index (κ2) is 5.25. The van der Waals surface area contributed by atoms with Crippen molar-refractivity contribution in [3.8, 4) is 0 Å². The van der Waals surface area contributed by atoms with E-state index in [9.17, 15) is 5.11 Å². The average Bonchev–Trinajstić information content (AvgIpc) is 2.27. The highest BCUT2D eigenvalue weighted by molar-refractivity contribution is 6.31. The molecule has 0 spiro atoms. The Hall–Kier alpha value is -0.770. The molecule has 0 bridgehead atoms. The lowest BCUT2D eigenvalue weighted by Crippen LogP contribution is -2.44. The maximum atomic E-state index is 9.34. The van der Waals surface area contributed by atoms with E-state index in [2.05, 4.69) is 0 Å². The van der Waals surface area contributed by atoms with Crippen LogP contribution in [-0.2, 0) is 0 Å². The van der Waals surface area contributed by atoms with Crippen molar-refractivity contribution in [1.82, 2.24) is 0 Å². The normalized spacial score (nSPS) is 13.6. The number of rotatable bonds is 4. The van der Waals surface area contributed by atoms with Gasteiger partial charge in [-0.2, -0.15) is 0 Å². The molecule has 1 rings (SSSR count). The topological polar surface area (TPSA) is 49.5 Å². The molecule has 0 saturated carbocycles. The number of anilines is 1. The molecule has 0 fully saturated rings. The quantitative estimate of drug-likeness (QED) is 0.871. The van der Waals surface area contributed by atoms with Crippen LogP contribution in [0.5, 0.6) is 0 Å². The van der Waals surface area contributed by atoms with Gasteiger partial charge >= 0.3 is 0 Å². The van der Waals surface area contributed by atoms with Crippen LogP contribution in [-0.4, -0.2) is 24.3 Å². The first-order chi connectivity index (χ1) is 7.79. The number of aliphatic hydroxyl groups excluding tert-OH is 1. The highest BCUT2D eigenvalue weighted by Gasteiger charge is 2.23. The molecule has 0 amide bonds. The SMILES string of the molecule is CC(N)c1ccc(N(C)C(C)(C)CO)cc1Cl. The third kappa shape index (κ3) is 3.12. The van der Waals surface area contributed by atoms with Gasteiger partial charge in [0, 0.05) is 23.8 Å². The maximum absolute atomic E-state index is 9.34. The third-order valence-corrected chi connectivity index (χ3v) is 3.48. The van der Waals surface area contributed by atoms with Crippen LogP contribution >= 0.6 is 11.6 Å². The second-order valence-corrected chi connectivity index (χ2v) is 5.43. The first-order valence-corrected chi connectivity index (χ1v) is 6.07. The Kier molecular flexibility index (Phi) is 4.42. The standard InChI is InChI=1S/C13H21ClN2O/c1-9(15)11-6-5-10(7-12(11)14)16(4)13(2,3)8-17/h5-7,9,17H,8,15H2,1-4H3. The summed E-state index contributed by atoms with van der Waals surface area (Å²) < 4.78 is 0. The van der Waals surface area contributed by atoms with Crippen LogP contribution in [0, 0.1) is 0 Å². The number of likely N-dealkylation sites (N-methyl/N-ethyl adjacent to an activating group) is 1. The number of aliphatic hydroxyl groups is 1. The van der Waals surface area contributed by atoms with Gasteiger partial charge in [-0.15, -0.1) is 0 Å². The molecule has 0 aliphatic carbocycles. The number of benzene rings is 1. The summed E-state index contributed by atoms with van der Waals surface area (Å²) in [4.78, 5) is 2.00. The number of nitrogens with two attached hydrogens (primary N) is 1. The Morgan fingerprint density at radius 3 is 2.47 bits per heavy atom. The van der Waals surface area contributed by atoms with Crippen LogP contribution < -0.4 is 10.6 Å². The molecule has 0 aliphatic heterocycles. The molecule has 17 heavy (non-hydrogen) atoms. The lowest BCUT2D eigenvalue weighted by Gasteiger charge is -2.36. The Labute approximate surface area is 108 Å². The summed E-state index contributed by atoms with van der Waals surface area (Å²) in [7, 11) is 1.94. The van der Waals surface area contributed by atoms with E-state index in [1.165, 1.54) is 0 Å².